The standard InChI is InChI=1S/C23H17ClFN5O2/c1-11-15(24)4-12(7-26-11)13-5-18-22(30-10-28-29-21(13)30)27-8-14-16(25)2-3-17-20(14)23(9-31-17)6-19(23)32-18/h2-5,7,10,19,27H,6,8-9H2,1H3/t19-,23?/m1/s1. The number of anilines is 1. The quantitative estimate of drug-likeness (QED) is 0.467. The monoisotopic (exact) mass is 449 g/mol. The molecule has 0 bridgehead atoms. The molecule has 5 heterocycles. The van der Waals surface area contributed by atoms with Gasteiger partial charge in [-0.05, 0) is 31.2 Å². The van der Waals surface area contributed by atoms with Crippen LogP contribution in [0.4, 0.5) is 10.2 Å². The van der Waals surface area contributed by atoms with E-state index in [1.165, 1.54) is 6.07 Å². The Morgan fingerprint density at radius 2 is 2.19 bits per heavy atom. The zero-order valence-corrected chi connectivity index (χ0v) is 17.8. The first-order valence-electron chi connectivity index (χ1n) is 10.4. The van der Waals surface area contributed by atoms with Gasteiger partial charge < -0.3 is 14.8 Å². The Hall–Kier alpha value is -3.39. The summed E-state index contributed by atoms with van der Waals surface area (Å²) in [6.45, 7) is 2.66. The lowest BCUT2D eigenvalue weighted by molar-refractivity contribution is 0.243. The van der Waals surface area contributed by atoms with Crippen LogP contribution in [0.5, 0.6) is 11.5 Å². The van der Waals surface area contributed by atoms with Crippen molar-refractivity contribution in [2.45, 2.75) is 31.4 Å². The molecule has 0 saturated heterocycles. The Morgan fingerprint density at radius 3 is 3.06 bits per heavy atom. The van der Waals surface area contributed by atoms with Gasteiger partial charge in [0.1, 0.15) is 30.6 Å². The van der Waals surface area contributed by atoms with Crippen LogP contribution in [-0.4, -0.2) is 32.3 Å². The highest BCUT2D eigenvalue weighted by molar-refractivity contribution is 6.31. The van der Waals surface area contributed by atoms with Crippen LogP contribution >= 0.6 is 11.6 Å². The van der Waals surface area contributed by atoms with Crippen LogP contribution in [-0.2, 0) is 12.0 Å². The number of aromatic nitrogens is 4. The Morgan fingerprint density at radius 1 is 1.28 bits per heavy atom. The molecule has 1 aliphatic carbocycles. The molecule has 1 fully saturated rings. The lowest BCUT2D eigenvalue weighted by Crippen LogP contribution is -2.19. The number of nitrogens with zero attached hydrogens (tertiary/aromatic N) is 4. The number of ether oxygens (including phenoxy) is 2. The predicted molar refractivity (Wildman–Crippen MR) is 116 cm³/mol. The molecule has 0 amide bonds. The summed E-state index contributed by atoms with van der Waals surface area (Å²) in [5.74, 6) is 1.83. The second-order valence-corrected chi connectivity index (χ2v) is 9.00. The highest BCUT2D eigenvalue weighted by Gasteiger charge is 2.64. The Kier molecular flexibility index (Phi) is 3.47. The number of aryl methyl sites for hydroxylation is 1. The van der Waals surface area contributed by atoms with E-state index in [2.05, 4.69) is 20.5 Å². The average Bonchev–Trinajstić information content (AvgIpc) is 3.11. The maximum atomic E-state index is 14.9. The third kappa shape index (κ3) is 2.33. The van der Waals surface area contributed by atoms with E-state index in [-0.39, 0.29) is 17.3 Å². The van der Waals surface area contributed by atoms with Gasteiger partial charge >= 0.3 is 0 Å². The summed E-state index contributed by atoms with van der Waals surface area (Å²) in [4.78, 5) is 4.39. The van der Waals surface area contributed by atoms with Crippen LogP contribution < -0.4 is 14.8 Å². The molecule has 2 aliphatic heterocycles. The van der Waals surface area contributed by atoms with E-state index in [1.54, 1.807) is 18.6 Å². The number of hydrogen-bond acceptors (Lipinski definition) is 6. The molecule has 32 heavy (non-hydrogen) atoms. The van der Waals surface area contributed by atoms with E-state index in [9.17, 15) is 4.39 Å². The minimum atomic E-state index is -0.312. The van der Waals surface area contributed by atoms with Crippen molar-refractivity contribution in [2.24, 2.45) is 0 Å². The summed E-state index contributed by atoms with van der Waals surface area (Å²) >= 11 is 6.34. The zero-order chi connectivity index (χ0) is 21.6. The third-order valence-electron chi connectivity index (χ3n) is 6.78. The van der Waals surface area contributed by atoms with Gasteiger partial charge in [0, 0.05) is 41.4 Å². The first-order chi connectivity index (χ1) is 15.5. The van der Waals surface area contributed by atoms with Crippen molar-refractivity contribution in [3.8, 4) is 22.6 Å². The van der Waals surface area contributed by atoms with E-state index in [0.717, 1.165) is 34.6 Å². The number of hydrogen-bond donors (Lipinski definition) is 1. The van der Waals surface area contributed by atoms with E-state index in [0.29, 0.717) is 41.0 Å². The van der Waals surface area contributed by atoms with Crippen molar-refractivity contribution in [1.29, 1.82) is 0 Å². The second kappa shape index (κ2) is 6.10. The van der Waals surface area contributed by atoms with Crippen molar-refractivity contribution < 1.29 is 13.9 Å². The predicted octanol–water partition coefficient (Wildman–Crippen LogP) is 4.30. The molecular formula is C23H17ClFN5O2. The van der Waals surface area contributed by atoms with Crippen LogP contribution in [0.25, 0.3) is 16.8 Å². The Bertz CT molecular complexity index is 1450. The van der Waals surface area contributed by atoms with Crippen molar-refractivity contribution in [1.82, 2.24) is 19.6 Å². The largest absolute Gasteiger partial charge is 0.492 e. The van der Waals surface area contributed by atoms with E-state index < -0.39 is 0 Å². The van der Waals surface area contributed by atoms with E-state index in [1.807, 2.05) is 23.5 Å². The number of halogens is 2. The maximum Gasteiger partial charge on any atom is 0.170 e. The highest BCUT2D eigenvalue weighted by atomic mass is 35.5. The molecule has 9 heteroatoms. The second-order valence-electron chi connectivity index (χ2n) is 8.59. The van der Waals surface area contributed by atoms with Gasteiger partial charge in [-0.1, -0.05) is 11.6 Å². The minimum absolute atomic E-state index is 0.107. The Labute approximate surface area is 187 Å². The molecule has 160 valence electrons. The molecule has 7 nitrogen and oxygen atoms in total. The highest BCUT2D eigenvalue weighted by Crippen LogP contribution is 2.59. The van der Waals surface area contributed by atoms with Gasteiger partial charge in [0.15, 0.2) is 17.2 Å². The van der Waals surface area contributed by atoms with Crippen LogP contribution in [0.1, 0.15) is 23.2 Å². The van der Waals surface area contributed by atoms with Crippen molar-refractivity contribution in [3.63, 3.8) is 0 Å². The topological polar surface area (TPSA) is 73.6 Å². The average molecular weight is 450 g/mol. The van der Waals surface area contributed by atoms with Crippen LogP contribution in [0.2, 0.25) is 5.02 Å². The zero-order valence-electron chi connectivity index (χ0n) is 17.0. The van der Waals surface area contributed by atoms with Crippen molar-refractivity contribution in [2.75, 3.05) is 11.9 Å². The molecule has 4 aromatic rings. The van der Waals surface area contributed by atoms with E-state index in [4.69, 9.17) is 21.1 Å². The molecule has 3 aliphatic rings. The van der Waals surface area contributed by atoms with Crippen molar-refractivity contribution in [3.05, 3.63) is 64.5 Å². The molecule has 3 aromatic heterocycles. The third-order valence-corrected chi connectivity index (χ3v) is 7.17. The van der Waals surface area contributed by atoms with Gasteiger partial charge in [0.2, 0.25) is 0 Å². The number of fused-ring (bicyclic) bond motifs is 3. The van der Waals surface area contributed by atoms with Gasteiger partial charge in [-0.15, -0.1) is 10.2 Å². The van der Waals surface area contributed by atoms with E-state index >= 15 is 0 Å². The fourth-order valence-corrected chi connectivity index (χ4v) is 5.14. The smallest absolute Gasteiger partial charge is 0.170 e. The molecule has 1 N–H and O–H groups in total. The number of rotatable bonds is 1. The lowest BCUT2D eigenvalue weighted by Gasteiger charge is -2.17. The van der Waals surface area contributed by atoms with Crippen LogP contribution in [0.3, 0.4) is 0 Å². The normalized spacial score (nSPS) is 22.4. The SMILES string of the molecule is Cc1ncc(-c2cc3c(n4cnnc24)NCc2c(F)ccc4c2C2(CO4)C[C@H]2O3)cc1Cl. The van der Waals surface area contributed by atoms with Crippen molar-refractivity contribution >= 4 is 23.1 Å². The molecule has 1 spiro atoms. The fraction of sp³-hybridized carbons (Fsp3) is 0.261. The first kappa shape index (κ1) is 18.2. The maximum absolute atomic E-state index is 14.9. The molecule has 2 atom stereocenters. The minimum Gasteiger partial charge on any atom is -0.492 e. The van der Waals surface area contributed by atoms with Crippen LogP contribution in [0.15, 0.2) is 36.8 Å². The molecular weight excluding hydrogens is 433 g/mol. The molecule has 0 radical (unpaired) electrons. The molecule has 1 unspecified atom stereocenters. The summed E-state index contributed by atoms with van der Waals surface area (Å²) in [7, 11) is 0. The summed E-state index contributed by atoms with van der Waals surface area (Å²) in [6, 6.07) is 6.99. The lowest BCUT2D eigenvalue weighted by atomic mass is 9.92. The summed E-state index contributed by atoms with van der Waals surface area (Å²) in [6.07, 6.45) is 4.06. The summed E-state index contributed by atoms with van der Waals surface area (Å²) in [5, 5.41) is 12.4. The number of pyridine rings is 2. The van der Waals surface area contributed by atoms with Gasteiger partial charge in [-0.2, -0.15) is 0 Å². The number of nitrogens with one attached hydrogen (secondary N) is 1. The Balaban J connectivity index is 1.43. The molecule has 1 aromatic carbocycles. The number of benzene rings is 1. The molecule has 1 saturated carbocycles. The fourth-order valence-electron chi connectivity index (χ4n) is 4.98. The first-order valence-corrected chi connectivity index (χ1v) is 10.8. The van der Waals surface area contributed by atoms with Gasteiger partial charge in [0.05, 0.1) is 16.1 Å². The van der Waals surface area contributed by atoms with Gasteiger partial charge in [-0.25, -0.2) is 4.39 Å². The molecule has 7 rings (SSSR count). The van der Waals surface area contributed by atoms with Gasteiger partial charge in [0.25, 0.3) is 0 Å². The summed E-state index contributed by atoms with van der Waals surface area (Å²) in [5.41, 5.74) is 4.25. The summed E-state index contributed by atoms with van der Waals surface area (Å²) < 4.78 is 29.1. The van der Waals surface area contributed by atoms with Crippen LogP contribution in [0, 0.1) is 12.7 Å². The van der Waals surface area contributed by atoms with Gasteiger partial charge in [-0.3, -0.25) is 9.38 Å².